The Balaban J connectivity index is 3.06. The van der Waals surface area contributed by atoms with E-state index in [1.54, 1.807) is 18.7 Å². The Morgan fingerprint density at radius 2 is 2.33 bits per heavy atom. The van der Waals surface area contributed by atoms with Crippen LogP contribution in [0, 0.1) is 6.92 Å². The summed E-state index contributed by atoms with van der Waals surface area (Å²) >= 11 is 0. The molecule has 6 heteroatoms. The SMILES string of the molecule is COc1c([C@@H](N)CC(=O)O)c(C)nn1C. The molecule has 0 aliphatic rings. The summed E-state index contributed by atoms with van der Waals surface area (Å²) in [6.07, 6.45) is -0.136. The lowest BCUT2D eigenvalue weighted by molar-refractivity contribution is -0.137. The molecule has 1 atom stereocenters. The van der Waals surface area contributed by atoms with Crippen LogP contribution >= 0.6 is 0 Å². The second kappa shape index (κ2) is 4.31. The summed E-state index contributed by atoms with van der Waals surface area (Å²) < 4.78 is 6.68. The first-order valence-electron chi connectivity index (χ1n) is 4.52. The number of hydrogen-bond donors (Lipinski definition) is 2. The van der Waals surface area contributed by atoms with Gasteiger partial charge in [-0.05, 0) is 6.92 Å². The van der Waals surface area contributed by atoms with Gasteiger partial charge in [0, 0.05) is 13.1 Å². The van der Waals surface area contributed by atoms with E-state index >= 15 is 0 Å². The van der Waals surface area contributed by atoms with E-state index in [-0.39, 0.29) is 6.42 Å². The average molecular weight is 213 g/mol. The molecule has 1 rings (SSSR count). The lowest BCUT2D eigenvalue weighted by atomic mass is 10.1. The van der Waals surface area contributed by atoms with Gasteiger partial charge in [-0.1, -0.05) is 0 Å². The molecule has 0 aromatic carbocycles. The first-order valence-corrected chi connectivity index (χ1v) is 4.52. The van der Waals surface area contributed by atoms with Crippen molar-refractivity contribution in [3.63, 3.8) is 0 Å². The van der Waals surface area contributed by atoms with Gasteiger partial charge in [0.1, 0.15) is 0 Å². The van der Waals surface area contributed by atoms with Gasteiger partial charge >= 0.3 is 5.97 Å². The van der Waals surface area contributed by atoms with Gasteiger partial charge in [0.2, 0.25) is 5.88 Å². The van der Waals surface area contributed by atoms with Crippen LogP contribution in [0.15, 0.2) is 0 Å². The third kappa shape index (κ3) is 2.27. The van der Waals surface area contributed by atoms with Crippen molar-refractivity contribution in [3.05, 3.63) is 11.3 Å². The number of methoxy groups -OCH3 is 1. The fourth-order valence-electron chi connectivity index (χ4n) is 1.61. The number of nitrogens with two attached hydrogens (primary N) is 1. The van der Waals surface area contributed by atoms with Gasteiger partial charge < -0.3 is 15.6 Å². The van der Waals surface area contributed by atoms with Crippen molar-refractivity contribution in [2.24, 2.45) is 12.8 Å². The van der Waals surface area contributed by atoms with Gasteiger partial charge in [0.15, 0.2) is 0 Å². The van der Waals surface area contributed by atoms with E-state index in [2.05, 4.69) is 5.10 Å². The zero-order chi connectivity index (χ0) is 11.6. The minimum Gasteiger partial charge on any atom is -0.481 e. The molecule has 0 spiro atoms. The quantitative estimate of drug-likeness (QED) is 0.746. The lowest BCUT2D eigenvalue weighted by Crippen LogP contribution is -2.16. The molecule has 1 heterocycles. The maximum atomic E-state index is 10.6. The van der Waals surface area contributed by atoms with Crippen LogP contribution in [0.3, 0.4) is 0 Å². The number of ether oxygens (including phenoxy) is 1. The Bertz CT molecular complexity index is 373. The Kier molecular flexibility index (Phi) is 3.31. The van der Waals surface area contributed by atoms with E-state index in [0.29, 0.717) is 17.1 Å². The minimum absolute atomic E-state index is 0.136. The molecule has 0 bridgehead atoms. The summed E-state index contributed by atoms with van der Waals surface area (Å²) in [5, 5.41) is 12.8. The van der Waals surface area contributed by atoms with Gasteiger partial charge in [-0.2, -0.15) is 5.10 Å². The average Bonchev–Trinajstić information content (AvgIpc) is 2.38. The number of aryl methyl sites for hydroxylation is 2. The summed E-state index contributed by atoms with van der Waals surface area (Å²) in [7, 11) is 3.23. The zero-order valence-corrected chi connectivity index (χ0v) is 9.02. The van der Waals surface area contributed by atoms with Gasteiger partial charge in [-0.25, -0.2) is 4.68 Å². The molecule has 84 valence electrons. The summed E-state index contributed by atoms with van der Waals surface area (Å²) in [5.41, 5.74) is 7.12. The number of carboxylic acids is 1. The van der Waals surface area contributed by atoms with E-state index < -0.39 is 12.0 Å². The highest BCUT2D eigenvalue weighted by Crippen LogP contribution is 2.28. The van der Waals surface area contributed by atoms with E-state index in [4.69, 9.17) is 15.6 Å². The molecule has 0 amide bonds. The van der Waals surface area contributed by atoms with Crippen LogP contribution in [0.25, 0.3) is 0 Å². The predicted molar refractivity (Wildman–Crippen MR) is 53.7 cm³/mol. The Morgan fingerprint density at radius 1 is 1.73 bits per heavy atom. The lowest BCUT2D eigenvalue weighted by Gasteiger charge is -2.10. The van der Waals surface area contributed by atoms with Crippen LogP contribution in [-0.4, -0.2) is 28.0 Å². The highest BCUT2D eigenvalue weighted by Gasteiger charge is 2.22. The standard InChI is InChI=1S/C9H15N3O3/c1-5-8(6(10)4-7(13)14)9(15-3)12(2)11-5/h6H,4,10H2,1-3H3,(H,13,14)/t6-/m0/s1. The maximum Gasteiger partial charge on any atom is 0.305 e. The molecule has 6 nitrogen and oxygen atoms in total. The van der Waals surface area contributed by atoms with Crippen LogP contribution in [0.5, 0.6) is 5.88 Å². The first-order chi connectivity index (χ1) is 6.97. The molecule has 0 fully saturated rings. The highest BCUT2D eigenvalue weighted by molar-refractivity contribution is 5.68. The molecule has 0 aliphatic carbocycles. The number of aromatic nitrogens is 2. The monoisotopic (exact) mass is 213 g/mol. The molecule has 1 aromatic rings. The zero-order valence-electron chi connectivity index (χ0n) is 9.02. The van der Waals surface area contributed by atoms with E-state index in [1.807, 2.05) is 0 Å². The number of rotatable bonds is 4. The summed E-state index contributed by atoms with van der Waals surface area (Å²) in [6, 6.07) is -0.592. The van der Waals surface area contributed by atoms with Crippen molar-refractivity contribution in [2.75, 3.05) is 7.11 Å². The van der Waals surface area contributed by atoms with Crippen molar-refractivity contribution in [2.45, 2.75) is 19.4 Å². The van der Waals surface area contributed by atoms with Crippen LogP contribution < -0.4 is 10.5 Å². The molecular formula is C9H15N3O3. The number of carboxylic acid groups (broad SMARTS) is 1. The smallest absolute Gasteiger partial charge is 0.305 e. The molecule has 0 saturated carbocycles. The fourth-order valence-corrected chi connectivity index (χ4v) is 1.61. The Hall–Kier alpha value is -1.56. The fraction of sp³-hybridized carbons (Fsp3) is 0.556. The molecule has 0 radical (unpaired) electrons. The van der Waals surface area contributed by atoms with Gasteiger partial charge in [-0.15, -0.1) is 0 Å². The van der Waals surface area contributed by atoms with Crippen LogP contribution in [0.2, 0.25) is 0 Å². The molecule has 15 heavy (non-hydrogen) atoms. The molecule has 1 aromatic heterocycles. The van der Waals surface area contributed by atoms with Crippen LogP contribution in [0.1, 0.15) is 23.7 Å². The molecule has 0 aliphatic heterocycles. The van der Waals surface area contributed by atoms with E-state index in [9.17, 15) is 4.79 Å². The minimum atomic E-state index is -0.937. The first kappa shape index (κ1) is 11.5. The molecular weight excluding hydrogens is 198 g/mol. The topological polar surface area (TPSA) is 90.4 Å². The Morgan fingerprint density at radius 3 is 2.80 bits per heavy atom. The normalized spacial score (nSPS) is 12.5. The number of carbonyl (C=O) groups is 1. The highest BCUT2D eigenvalue weighted by atomic mass is 16.5. The third-order valence-corrected chi connectivity index (χ3v) is 2.17. The summed E-state index contributed by atoms with van der Waals surface area (Å²) in [5.74, 6) is -0.422. The predicted octanol–water partition coefficient (Wildman–Crippen LogP) is 0.212. The molecule has 3 N–H and O–H groups in total. The summed E-state index contributed by atoms with van der Waals surface area (Å²) in [6.45, 7) is 1.78. The maximum absolute atomic E-state index is 10.6. The van der Waals surface area contributed by atoms with Crippen molar-refractivity contribution in [1.29, 1.82) is 0 Å². The van der Waals surface area contributed by atoms with Gasteiger partial charge in [0.25, 0.3) is 0 Å². The summed E-state index contributed by atoms with van der Waals surface area (Å²) in [4.78, 5) is 10.6. The van der Waals surface area contributed by atoms with Crippen molar-refractivity contribution in [3.8, 4) is 5.88 Å². The van der Waals surface area contributed by atoms with Crippen LogP contribution in [-0.2, 0) is 11.8 Å². The van der Waals surface area contributed by atoms with Crippen LogP contribution in [0.4, 0.5) is 0 Å². The number of hydrogen-bond acceptors (Lipinski definition) is 4. The van der Waals surface area contributed by atoms with E-state index in [1.165, 1.54) is 7.11 Å². The second-order valence-corrected chi connectivity index (χ2v) is 3.34. The number of aliphatic carboxylic acids is 1. The van der Waals surface area contributed by atoms with Gasteiger partial charge in [-0.3, -0.25) is 4.79 Å². The third-order valence-electron chi connectivity index (χ3n) is 2.17. The van der Waals surface area contributed by atoms with Crippen molar-refractivity contribution < 1.29 is 14.6 Å². The second-order valence-electron chi connectivity index (χ2n) is 3.34. The Labute approximate surface area is 87.6 Å². The van der Waals surface area contributed by atoms with Gasteiger partial charge in [0.05, 0.1) is 24.8 Å². The number of nitrogens with zero attached hydrogens (tertiary/aromatic N) is 2. The largest absolute Gasteiger partial charge is 0.481 e. The van der Waals surface area contributed by atoms with Crippen molar-refractivity contribution in [1.82, 2.24) is 9.78 Å². The van der Waals surface area contributed by atoms with Crippen molar-refractivity contribution >= 4 is 5.97 Å². The molecule has 0 unspecified atom stereocenters. The van der Waals surface area contributed by atoms with E-state index in [0.717, 1.165) is 0 Å². The molecule has 0 saturated heterocycles.